The van der Waals surface area contributed by atoms with Crippen molar-refractivity contribution >= 4 is 17.5 Å². The summed E-state index contributed by atoms with van der Waals surface area (Å²) in [7, 11) is 0. The lowest BCUT2D eigenvalue weighted by Crippen LogP contribution is -2.33. The summed E-state index contributed by atoms with van der Waals surface area (Å²) in [6, 6.07) is 4.40. The average Bonchev–Trinajstić information content (AvgIpc) is 2.48. The highest BCUT2D eigenvalue weighted by Gasteiger charge is 2.10. The average molecular weight is 313 g/mol. The number of likely N-dealkylation sites (tertiary alicyclic amines) is 1. The van der Waals surface area contributed by atoms with Crippen LogP contribution in [-0.4, -0.2) is 37.0 Å². The first kappa shape index (κ1) is 16.2. The van der Waals surface area contributed by atoms with Gasteiger partial charge in [-0.05, 0) is 56.6 Å². The van der Waals surface area contributed by atoms with E-state index in [9.17, 15) is 9.18 Å². The molecule has 0 unspecified atom stereocenters. The largest absolute Gasteiger partial charge is 0.356 e. The molecule has 1 heterocycles. The summed E-state index contributed by atoms with van der Waals surface area (Å²) in [5.74, 6) is -0.569. The van der Waals surface area contributed by atoms with Crippen LogP contribution in [0.25, 0.3) is 0 Å². The number of piperidine rings is 1. The lowest BCUT2D eigenvalue weighted by molar-refractivity contribution is -0.120. The Morgan fingerprint density at radius 3 is 2.76 bits per heavy atom. The van der Waals surface area contributed by atoms with Crippen LogP contribution in [0, 0.1) is 5.82 Å². The van der Waals surface area contributed by atoms with Gasteiger partial charge in [0.15, 0.2) is 0 Å². The molecule has 5 heteroatoms. The zero-order chi connectivity index (χ0) is 15.1. The Hall–Kier alpha value is -1.13. The van der Waals surface area contributed by atoms with Gasteiger partial charge in [0, 0.05) is 11.6 Å². The molecule has 1 aromatic carbocycles. The standard InChI is InChI=1S/C16H22ClFN2O/c17-14-6-5-13(15(18)12-14)11-16(21)19-7-4-10-20-8-2-1-3-9-20/h5-6,12H,1-4,7-11H2,(H,19,21). The van der Waals surface area contributed by atoms with E-state index in [1.807, 2.05) is 0 Å². The molecule has 0 aromatic heterocycles. The Morgan fingerprint density at radius 2 is 2.05 bits per heavy atom. The molecule has 0 radical (unpaired) electrons. The van der Waals surface area contributed by atoms with Gasteiger partial charge < -0.3 is 10.2 Å². The minimum Gasteiger partial charge on any atom is -0.356 e. The smallest absolute Gasteiger partial charge is 0.224 e. The fraction of sp³-hybridized carbons (Fsp3) is 0.562. The van der Waals surface area contributed by atoms with Gasteiger partial charge in [-0.15, -0.1) is 0 Å². The minimum atomic E-state index is -0.425. The number of amides is 1. The highest BCUT2D eigenvalue weighted by molar-refractivity contribution is 6.30. The molecule has 1 N–H and O–H groups in total. The molecular formula is C16H22ClFN2O. The molecule has 1 aliphatic heterocycles. The van der Waals surface area contributed by atoms with E-state index in [0.29, 0.717) is 17.1 Å². The summed E-state index contributed by atoms with van der Waals surface area (Å²) >= 11 is 5.68. The number of rotatable bonds is 6. The van der Waals surface area contributed by atoms with Gasteiger partial charge in [0.1, 0.15) is 5.82 Å². The fourth-order valence-corrected chi connectivity index (χ4v) is 2.77. The third-order valence-corrected chi connectivity index (χ3v) is 4.02. The third kappa shape index (κ3) is 5.64. The molecule has 0 atom stereocenters. The molecular weight excluding hydrogens is 291 g/mol. The summed E-state index contributed by atoms with van der Waals surface area (Å²) in [5, 5.41) is 3.19. The Bertz CT molecular complexity index is 475. The maximum atomic E-state index is 13.6. The van der Waals surface area contributed by atoms with E-state index in [1.165, 1.54) is 38.4 Å². The van der Waals surface area contributed by atoms with Crippen molar-refractivity contribution in [1.29, 1.82) is 0 Å². The Kier molecular flexibility index (Phi) is 6.46. The van der Waals surface area contributed by atoms with Gasteiger partial charge in [0.25, 0.3) is 0 Å². The Labute approximate surface area is 130 Å². The molecule has 0 saturated carbocycles. The van der Waals surface area contributed by atoms with Crippen molar-refractivity contribution in [1.82, 2.24) is 10.2 Å². The molecule has 21 heavy (non-hydrogen) atoms. The number of nitrogens with zero attached hydrogens (tertiary/aromatic N) is 1. The van der Waals surface area contributed by atoms with E-state index in [1.54, 1.807) is 12.1 Å². The molecule has 1 aromatic rings. The number of benzene rings is 1. The van der Waals surface area contributed by atoms with Crippen LogP contribution < -0.4 is 5.32 Å². The number of hydrogen-bond acceptors (Lipinski definition) is 2. The van der Waals surface area contributed by atoms with E-state index in [-0.39, 0.29) is 12.3 Å². The summed E-state index contributed by atoms with van der Waals surface area (Å²) in [6.45, 7) is 4.01. The van der Waals surface area contributed by atoms with Crippen LogP contribution in [0.5, 0.6) is 0 Å². The van der Waals surface area contributed by atoms with Crippen LogP contribution in [0.1, 0.15) is 31.2 Å². The SMILES string of the molecule is O=C(Cc1ccc(Cl)cc1F)NCCCN1CCCCC1. The first-order valence-electron chi connectivity index (χ1n) is 7.58. The van der Waals surface area contributed by atoms with Gasteiger partial charge in [0.2, 0.25) is 5.91 Å². The summed E-state index contributed by atoms with van der Waals surface area (Å²) < 4.78 is 13.6. The van der Waals surface area contributed by atoms with Gasteiger partial charge >= 0.3 is 0 Å². The van der Waals surface area contributed by atoms with Crippen LogP contribution in [0.15, 0.2) is 18.2 Å². The quantitative estimate of drug-likeness (QED) is 0.819. The summed E-state index contributed by atoms with van der Waals surface area (Å²) in [4.78, 5) is 14.2. The van der Waals surface area contributed by atoms with Crippen molar-refractivity contribution < 1.29 is 9.18 Å². The predicted molar refractivity (Wildman–Crippen MR) is 83.0 cm³/mol. The topological polar surface area (TPSA) is 32.3 Å². The fourth-order valence-electron chi connectivity index (χ4n) is 2.61. The molecule has 1 amide bonds. The second-order valence-corrected chi connectivity index (χ2v) is 5.95. The van der Waals surface area contributed by atoms with Crippen molar-refractivity contribution in [2.45, 2.75) is 32.1 Å². The van der Waals surface area contributed by atoms with Gasteiger partial charge in [-0.3, -0.25) is 4.79 Å². The van der Waals surface area contributed by atoms with Crippen LogP contribution in [0.3, 0.4) is 0 Å². The van der Waals surface area contributed by atoms with Crippen LogP contribution >= 0.6 is 11.6 Å². The molecule has 1 aliphatic rings. The zero-order valence-corrected chi connectivity index (χ0v) is 13.0. The van der Waals surface area contributed by atoms with Crippen molar-refractivity contribution in [3.05, 3.63) is 34.6 Å². The zero-order valence-electron chi connectivity index (χ0n) is 12.2. The Balaban J connectivity index is 1.65. The van der Waals surface area contributed by atoms with Crippen LogP contribution in [-0.2, 0) is 11.2 Å². The number of hydrogen-bond donors (Lipinski definition) is 1. The molecule has 116 valence electrons. The molecule has 3 nitrogen and oxygen atoms in total. The predicted octanol–water partition coefficient (Wildman–Crippen LogP) is 3.01. The number of halogens is 2. The first-order valence-corrected chi connectivity index (χ1v) is 7.96. The minimum absolute atomic E-state index is 0.0622. The molecule has 0 spiro atoms. The van der Waals surface area contributed by atoms with Gasteiger partial charge in [0.05, 0.1) is 6.42 Å². The monoisotopic (exact) mass is 312 g/mol. The first-order chi connectivity index (χ1) is 10.1. The van der Waals surface area contributed by atoms with Crippen LogP contribution in [0.4, 0.5) is 4.39 Å². The van der Waals surface area contributed by atoms with E-state index in [4.69, 9.17) is 11.6 Å². The number of carbonyl (C=O) groups is 1. The molecule has 1 saturated heterocycles. The second-order valence-electron chi connectivity index (χ2n) is 5.52. The van der Waals surface area contributed by atoms with Crippen molar-refractivity contribution in [3.8, 4) is 0 Å². The van der Waals surface area contributed by atoms with Crippen LogP contribution in [0.2, 0.25) is 5.02 Å². The maximum absolute atomic E-state index is 13.6. The van der Waals surface area contributed by atoms with Crippen molar-refractivity contribution in [2.75, 3.05) is 26.2 Å². The molecule has 2 rings (SSSR count). The van der Waals surface area contributed by atoms with E-state index < -0.39 is 5.82 Å². The summed E-state index contributed by atoms with van der Waals surface area (Å²) in [5.41, 5.74) is 0.382. The van der Waals surface area contributed by atoms with Crippen molar-refractivity contribution in [2.24, 2.45) is 0 Å². The van der Waals surface area contributed by atoms with E-state index in [2.05, 4.69) is 10.2 Å². The maximum Gasteiger partial charge on any atom is 0.224 e. The molecule has 0 aliphatic carbocycles. The highest BCUT2D eigenvalue weighted by Crippen LogP contribution is 2.15. The lowest BCUT2D eigenvalue weighted by atomic mass is 10.1. The Morgan fingerprint density at radius 1 is 1.29 bits per heavy atom. The normalized spacial score (nSPS) is 15.9. The highest BCUT2D eigenvalue weighted by atomic mass is 35.5. The number of nitrogens with one attached hydrogen (secondary N) is 1. The van der Waals surface area contributed by atoms with Gasteiger partial charge in [-0.25, -0.2) is 4.39 Å². The van der Waals surface area contributed by atoms with Gasteiger partial charge in [-0.2, -0.15) is 0 Å². The second kappa shape index (κ2) is 8.35. The van der Waals surface area contributed by atoms with Crippen molar-refractivity contribution in [3.63, 3.8) is 0 Å². The van der Waals surface area contributed by atoms with E-state index in [0.717, 1.165) is 13.0 Å². The number of carbonyl (C=O) groups excluding carboxylic acids is 1. The molecule has 0 bridgehead atoms. The summed E-state index contributed by atoms with van der Waals surface area (Å²) in [6.07, 6.45) is 4.89. The molecule has 1 fully saturated rings. The van der Waals surface area contributed by atoms with Gasteiger partial charge in [-0.1, -0.05) is 24.1 Å². The third-order valence-electron chi connectivity index (χ3n) is 3.79. The van der Waals surface area contributed by atoms with E-state index >= 15 is 0 Å². The lowest BCUT2D eigenvalue weighted by Gasteiger charge is -2.26.